The molecule has 0 saturated heterocycles. The molecule has 1 atom stereocenters. The summed E-state index contributed by atoms with van der Waals surface area (Å²) in [5.41, 5.74) is 10.9. The second-order valence-electron chi connectivity index (χ2n) is 5.42. The molecule has 2 N–H and O–H groups in total. The van der Waals surface area contributed by atoms with Crippen molar-refractivity contribution in [3.8, 4) is 5.75 Å². The summed E-state index contributed by atoms with van der Waals surface area (Å²) in [4.78, 5) is 4.35. The van der Waals surface area contributed by atoms with E-state index in [2.05, 4.69) is 30.1 Å². The summed E-state index contributed by atoms with van der Waals surface area (Å²) in [6.07, 6.45) is 5.18. The van der Waals surface area contributed by atoms with Gasteiger partial charge in [0.15, 0.2) is 0 Å². The van der Waals surface area contributed by atoms with E-state index in [1.54, 1.807) is 6.20 Å². The fraction of sp³-hybridized carbons (Fsp3) is 0.353. The highest BCUT2D eigenvalue weighted by atomic mass is 16.5. The van der Waals surface area contributed by atoms with Gasteiger partial charge in [-0.15, -0.1) is 0 Å². The molecule has 104 valence electrons. The third-order valence-corrected chi connectivity index (χ3v) is 3.97. The van der Waals surface area contributed by atoms with Gasteiger partial charge in [0, 0.05) is 12.2 Å². The van der Waals surface area contributed by atoms with E-state index in [1.807, 2.05) is 12.1 Å². The van der Waals surface area contributed by atoms with Crippen molar-refractivity contribution in [2.45, 2.75) is 38.8 Å². The molecule has 1 aromatic heterocycles. The summed E-state index contributed by atoms with van der Waals surface area (Å²) in [6.45, 7) is 2.55. The van der Waals surface area contributed by atoms with Crippen molar-refractivity contribution in [2.75, 3.05) is 0 Å². The molecule has 0 amide bonds. The molecule has 3 rings (SSSR count). The Bertz CT molecular complexity index is 610. The van der Waals surface area contributed by atoms with E-state index in [1.165, 1.54) is 17.5 Å². The van der Waals surface area contributed by atoms with Gasteiger partial charge in [-0.2, -0.15) is 0 Å². The lowest BCUT2D eigenvalue weighted by atomic mass is 9.88. The van der Waals surface area contributed by atoms with Crippen LogP contribution in [0.2, 0.25) is 0 Å². The molecule has 1 aliphatic rings. The summed E-state index contributed by atoms with van der Waals surface area (Å²) >= 11 is 0. The van der Waals surface area contributed by atoms with E-state index in [-0.39, 0.29) is 6.04 Å². The maximum Gasteiger partial charge on any atom is 0.130 e. The molecule has 1 aliphatic carbocycles. The monoisotopic (exact) mass is 268 g/mol. The Morgan fingerprint density at radius 3 is 3.10 bits per heavy atom. The van der Waals surface area contributed by atoms with E-state index >= 15 is 0 Å². The molecule has 0 spiro atoms. The van der Waals surface area contributed by atoms with Gasteiger partial charge in [0.2, 0.25) is 0 Å². The van der Waals surface area contributed by atoms with Gasteiger partial charge < -0.3 is 10.5 Å². The van der Waals surface area contributed by atoms with Crippen LogP contribution >= 0.6 is 0 Å². The molecule has 2 aromatic rings. The van der Waals surface area contributed by atoms with Crippen LogP contribution in [0.15, 0.2) is 36.5 Å². The highest BCUT2D eigenvalue weighted by Crippen LogP contribution is 2.31. The van der Waals surface area contributed by atoms with Gasteiger partial charge in [0.05, 0.1) is 5.69 Å². The highest BCUT2D eigenvalue weighted by Gasteiger charge is 2.17. The number of nitrogens with zero attached hydrogens (tertiary/aromatic N) is 1. The maximum atomic E-state index is 6.18. The van der Waals surface area contributed by atoms with Crippen LogP contribution < -0.4 is 10.5 Å². The second-order valence-corrected chi connectivity index (χ2v) is 5.42. The van der Waals surface area contributed by atoms with Crippen molar-refractivity contribution < 1.29 is 4.74 Å². The quantitative estimate of drug-likeness (QED) is 0.929. The Morgan fingerprint density at radius 1 is 1.35 bits per heavy atom. The van der Waals surface area contributed by atoms with Gasteiger partial charge >= 0.3 is 0 Å². The summed E-state index contributed by atoms with van der Waals surface area (Å²) in [5.74, 6) is 0.881. The lowest BCUT2D eigenvalue weighted by Gasteiger charge is -2.22. The number of hydrogen-bond donors (Lipinski definition) is 1. The topological polar surface area (TPSA) is 48.1 Å². The van der Waals surface area contributed by atoms with Crippen molar-refractivity contribution in [1.82, 2.24) is 4.98 Å². The predicted molar refractivity (Wildman–Crippen MR) is 79.6 cm³/mol. The van der Waals surface area contributed by atoms with Crippen LogP contribution in [0, 0.1) is 6.92 Å². The van der Waals surface area contributed by atoms with Crippen molar-refractivity contribution in [1.29, 1.82) is 0 Å². The molecule has 1 aromatic carbocycles. The fourth-order valence-electron chi connectivity index (χ4n) is 2.72. The van der Waals surface area contributed by atoms with Gasteiger partial charge in [0.1, 0.15) is 12.4 Å². The first-order chi connectivity index (χ1) is 9.74. The smallest absolute Gasteiger partial charge is 0.130 e. The van der Waals surface area contributed by atoms with E-state index < -0.39 is 0 Å². The molecule has 0 saturated carbocycles. The molecule has 0 radical (unpaired) electrons. The number of fused-ring (bicyclic) bond motifs is 1. The van der Waals surface area contributed by atoms with Crippen LogP contribution in [0.3, 0.4) is 0 Å². The zero-order chi connectivity index (χ0) is 13.9. The van der Waals surface area contributed by atoms with Crippen molar-refractivity contribution in [3.05, 3.63) is 58.9 Å². The molecule has 3 nitrogen and oxygen atoms in total. The summed E-state index contributed by atoms with van der Waals surface area (Å²) in [6, 6.07) is 10.4. The Balaban J connectivity index is 1.75. The summed E-state index contributed by atoms with van der Waals surface area (Å²) < 4.78 is 5.87. The van der Waals surface area contributed by atoms with Gasteiger partial charge in [-0.3, -0.25) is 4.98 Å². The minimum absolute atomic E-state index is 0.152. The fourth-order valence-corrected chi connectivity index (χ4v) is 2.72. The average Bonchev–Trinajstić information content (AvgIpc) is 2.47. The van der Waals surface area contributed by atoms with Crippen molar-refractivity contribution in [2.24, 2.45) is 5.73 Å². The van der Waals surface area contributed by atoms with Gasteiger partial charge in [-0.1, -0.05) is 12.1 Å². The van der Waals surface area contributed by atoms with Gasteiger partial charge in [-0.05, 0) is 61.1 Å². The van der Waals surface area contributed by atoms with Gasteiger partial charge in [0.25, 0.3) is 0 Å². The average molecular weight is 268 g/mol. The number of nitrogens with two attached hydrogens (primary N) is 1. The van der Waals surface area contributed by atoms with Crippen LogP contribution in [-0.4, -0.2) is 4.98 Å². The van der Waals surface area contributed by atoms with E-state index in [9.17, 15) is 0 Å². The minimum Gasteiger partial charge on any atom is -0.487 e. The van der Waals surface area contributed by atoms with E-state index in [0.29, 0.717) is 6.61 Å². The SMILES string of the molecule is Cc1cccnc1COc1ccc2c(c1)[C@H](N)CCC2. The summed E-state index contributed by atoms with van der Waals surface area (Å²) in [7, 11) is 0. The largest absolute Gasteiger partial charge is 0.487 e. The third kappa shape index (κ3) is 2.68. The lowest BCUT2D eigenvalue weighted by molar-refractivity contribution is 0.299. The van der Waals surface area contributed by atoms with Crippen molar-refractivity contribution >= 4 is 0 Å². The normalized spacial score (nSPS) is 17.6. The molecular weight excluding hydrogens is 248 g/mol. The highest BCUT2D eigenvalue weighted by molar-refractivity contribution is 5.39. The van der Waals surface area contributed by atoms with Crippen molar-refractivity contribution in [3.63, 3.8) is 0 Å². The van der Waals surface area contributed by atoms with E-state index in [0.717, 1.165) is 29.8 Å². The van der Waals surface area contributed by atoms with Crippen LogP contribution in [0.4, 0.5) is 0 Å². The first kappa shape index (κ1) is 13.1. The molecule has 20 heavy (non-hydrogen) atoms. The van der Waals surface area contributed by atoms with Crippen LogP contribution in [0.5, 0.6) is 5.75 Å². The first-order valence-corrected chi connectivity index (χ1v) is 7.16. The Hall–Kier alpha value is -1.87. The molecular formula is C17H20N2O. The number of ether oxygens (including phenoxy) is 1. The second kappa shape index (κ2) is 5.63. The molecule has 0 bridgehead atoms. The van der Waals surface area contributed by atoms with Crippen LogP contribution in [0.25, 0.3) is 0 Å². The molecule has 0 unspecified atom stereocenters. The Labute approximate surface area is 119 Å². The maximum absolute atomic E-state index is 6.18. The van der Waals surface area contributed by atoms with Crippen LogP contribution in [-0.2, 0) is 13.0 Å². The minimum atomic E-state index is 0.152. The molecule has 0 fully saturated rings. The van der Waals surface area contributed by atoms with Gasteiger partial charge in [-0.25, -0.2) is 0 Å². The summed E-state index contributed by atoms with van der Waals surface area (Å²) in [5, 5.41) is 0. The molecule has 1 heterocycles. The Kier molecular flexibility index (Phi) is 3.70. The number of rotatable bonds is 3. The third-order valence-electron chi connectivity index (χ3n) is 3.97. The number of aromatic nitrogens is 1. The first-order valence-electron chi connectivity index (χ1n) is 7.16. The zero-order valence-corrected chi connectivity index (χ0v) is 11.8. The number of aryl methyl sites for hydroxylation is 2. The zero-order valence-electron chi connectivity index (χ0n) is 11.8. The predicted octanol–water partition coefficient (Wildman–Crippen LogP) is 3.31. The molecule has 0 aliphatic heterocycles. The number of benzene rings is 1. The number of hydrogen-bond acceptors (Lipinski definition) is 3. The van der Waals surface area contributed by atoms with Crippen LogP contribution in [0.1, 0.15) is 41.3 Å². The molecule has 3 heteroatoms. The lowest BCUT2D eigenvalue weighted by Crippen LogP contribution is -2.17. The standard InChI is InChI=1S/C17H20N2O/c1-12-4-3-9-19-17(12)11-20-14-8-7-13-5-2-6-16(18)15(13)10-14/h3-4,7-10,16H,2,5-6,11,18H2,1H3/t16-/m1/s1. The number of pyridine rings is 1. The van der Waals surface area contributed by atoms with E-state index in [4.69, 9.17) is 10.5 Å². The Morgan fingerprint density at radius 2 is 2.25 bits per heavy atom.